The first kappa shape index (κ1) is 19.2. The lowest BCUT2D eigenvalue weighted by Crippen LogP contribution is -2.47. The number of anilines is 1. The van der Waals surface area contributed by atoms with Gasteiger partial charge >= 0.3 is 0 Å². The van der Waals surface area contributed by atoms with Gasteiger partial charge in [0.15, 0.2) is 17.3 Å². The summed E-state index contributed by atoms with van der Waals surface area (Å²) in [6.07, 6.45) is 1.49. The van der Waals surface area contributed by atoms with Gasteiger partial charge in [0.2, 0.25) is 18.6 Å². The number of nitrogens with zero attached hydrogens (tertiary/aromatic N) is 1. The number of carbonyl (C=O) groups is 3. The minimum Gasteiger partial charge on any atom is -0.454 e. The molecule has 3 rings (SSSR count). The average Bonchev–Trinajstić information content (AvgIpc) is 3.06. The van der Waals surface area contributed by atoms with E-state index < -0.39 is 5.41 Å². The number of likely N-dealkylation sites (tertiary alicyclic amines) is 1. The first-order valence-electron chi connectivity index (χ1n) is 9.21. The molecule has 146 valence electrons. The molecule has 7 nitrogen and oxygen atoms in total. The van der Waals surface area contributed by atoms with Crippen molar-refractivity contribution in [1.82, 2.24) is 4.90 Å². The summed E-state index contributed by atoms with van der Waals surface area (Å²) < 4.78 is 10.7. The average molecular weight is 374 g/mol. The molecular formula is C20H26N2O5. The highest BCUT2D eigenvalue weighted by Gasteiger charge is 2.34. The maximum atomic E-state index is 12.8. The third kappa shape index (κ3) is 4.07. The van der Waals surface area contributed by atoms with Crippen molar-refractivity contribution in [3.63, 3.8) is 0 Å². The van der Waals surface area contributed by atoms with E-state index in [1.165, 1.54) is 6.92 Å². The van der Waals surface area contributed by atoms with Crippen molar-refractivity contribution < 1.29 is 23.9 Å². The zero-order chi connectivity index (χ0) is 19.8. The summed E-state index contributed by atoms with van der Waals surface area (Å²) in [5.74, 6) is 0.378. The molecule has 2 aliphatic heterocycles. The molecule has 1 aromatic carbocycles. The molecule has 7 heteroatoms. The van der Waals surface area contributed by atoms with Gasteiger partial charge in [-0.2, -0.15) is 0 Å². The van der Waals surface area contributed by atoms with Crippen LogP contribution in [0.5, 0.6) is 11.5 Å². The monoisotopic (exact) mass is 374 g/mol. The van der Waals surface area contributed by atoms with E-state index in [1.807, 2.05) is 20.8 Å². The summed E-state index contributed by atoms with van der Waals surface area (Å²) >= 11 is 0. The largest absolute Gasteiger partial charge is 0.454 e. The van der Waals surface area contributed by atoms with Crippen LogP contribution < -0.4 is 14.8 Å². The molecule has 27 heavy (non-hydrogen) atoms. The number of ether oxygens (including phenoxy) is 2. The van der Waals surface area contributed by atoms with E-state index in [0.717, 1.165) is 6.42 Å². The number of carbonyl (C=O) groups excluding carboxylic acids is 3. The molecule has 0 aliphatic carbocycles. The molecular weight excluding hydrogens is 348 g/mol. The Balaban J connectivity index is 1.75. The molecule has 2 heterocycles. The highest BCUT2D eigenvalue weighted by atomic mass is 16.7. The lowest BCUT2D eigenvalue weighted by molar-refractivity contribution is -0.142. The predicted molar refractivity (Wildman–Crippen MR) is 100.0 cm³/mol. The van der Waals surface area contributed by atoms with E-state index in [9.17, 15) is 14.4 Å². The van der Waals surface area contributed by atoms with E-state index >= 15 is 0 Å². The summed E-state index contributed by atoms with van der Waals surface area (Å²) in [5, 5.41) is 2.86. The number of piperidine rings is 1. The summed E-state index contributed by atoms with van der Waals surface area (Å²) in [7, 11) is 0. The van der Waals surface area contributed by atoms with Crippen molar-refractivity contribution >= 4 is 23.3 Å². The first-order chi connectivity index (χ1) is 12.7. The predicted octanol–water partition coefficient (Wildman–Crippen LogP) is 2.84. The Labute approximate surface area is 159 Å². The molecule has 0 bridgehead atoms. The smallest absolute Gasteiger partial charge is 0.231 e. The number of hydrogen-bond acceptors (Lipinski definition) is 5. The third-order valence-electron chi connectivity index (χ3n) is 4.87. The molecule has 1 aromatic rings. The second-order valence-corrected chi connectivity index (χ2v) is 8.14. The van der Waals surface area contributed by atoms with Crippen LogP contribution in [0, 0.1) is 11.3 Å². The molecule has 1 atom stereocenters. The summed E-state index contributed by atoms with van der Waals surface area (Å²) in [6, 6.07) is 3.22. The normalized spacial score (nSPS) is 19.0. The van der Waals surface area contributed by atoms with Crippen LogP contribution in [0.15, 0.2) is 12.1 Å². The number of benzene rings is 1. The Morgan fingerprint density at radius 1 is 1.15 bits per heavy atom. The molecule has 2 aliphatic rings. The van der Waals surface area contributed by atoms with Crippen molar-refractivity contribution in [2.75, 3.05) is 25.2 Å². The number of ketones is 1. The van der Waals surface area contributed by atoms with Gasteiger partial charge in [0, 0.05) is 30.1 Å². The van der Waals surface area contributed by atoms with Crippen molar-refractivity contribution in [3.8, 4) is 11.5 Å². The summed E-state index contributed by atoms with van der Waals surface area (Å²) in [6.45, 7) is 8.24. The SMILES string of the molecule is CC(=O)c1cc2c(cc1NC(=O)C1CCCN(C(=O)C(C)(C)C)C1)OCO2. The molecule has 0 saturated carbocycles. The van der Waals surface area contributed by atoms with Crippen LogP contribution in [0.3, 0.4) is 0 Å². The van der Waals surface area contributed by atoms with Crippen LogP contribution in [0.25, 0.3) is 0 Å². The second-order valence-electron chi connectivity index (χ2n) is 8.14. The fourth-order valence-corrected chi connectivity index (χ4v) is 3.42. The Morgan fingerprint density at radius 2 is 1.81 bits per heavy atom. The van der Waals surface area contributed by atoms with Crippen molar-refractivity contribution in [1.29, 1.82) is 0 Å². The molecule has 0 radical (unpaired) electrons. The van der Waals surface area contributed by atoms with E-state index in [-0.39, 0.29) is 30.3 Å². The van der Waals surface area contributed by atoms with Crippen LogP contribution in [0.4, 0.5) is 5.69 Å². The molecule has 1 unspecified atom stereocenters. The van der Waals surface area contributed by atoms with Crippen LogP contribution in [-0.4, -0.2) is 42.4 Å². The standard InChI is InChI=1S/C20H26N2O5/c1-12(23)14-8-16-17(27-11-26-16)9-15(14)21-18(24)13-6-5-7-22(10-13)19(25)20(2,3)4/h8-9,13H,5-7,10-11H2,1-4H3,(H,21,24). The molecule has 1 N–H and O–H groups in total. The highest BCUT2D eigenvalue weighted by molar-refractivity contribution is 6.05. The van der Waals surface area contributed by atoms with Gasteiger partial charge in [-0.3, -0.25) is 14.4 Å². The fraction of sp³-hybridized carbons (Fsp3) is 0.550. The Morgan fingerprint density at radius 3 is 2.44 bits per heavy atom. The van der Waals surface area contributed by atoms with E-state index in [1.54, 1.807) is 17.0 Å². The second kappa shape index (κ2) is 7.21. The topological polar surface area (TPSA) is 84.9 Å². The fourth-order valence-electron chi connectivity index (χ4n) is 3.42. The number of Topliss-reactive ketones (excluding diaryl/α,β-unsaturated/α-hetero) is 1. The number of hydrogen-bond donors (Lipinski definition) is 1. The van der Waals surface area contributed by atoms with Crippen molar-refractivity contribution in [2.45, 2.75) is 40.5 Å². The van der Waals surface area contributed by atoms with Crippen LogP contribution in [0.1, 0.15) is 50.9 Å². The number of amides is 2. The van der Waals surface area contributed by atoms with Gasteiger partial charge in [0.1, 0.15) is 0 Å². The molecule has 1 saturated heterocycles. The minimum atomic E-state index is -0.475. The highest BCUT2D eigenvalue weighted by Crippen LogP contribution is 2.37. The van der Waals surface area contributed by atoms with E-state index in [4.69, 9.17) is 9.47 Å². The number of nitrogens with one attached hydrogen (secondary N) is 1. The van der Waals surface area contributed by atoms with Gasteiger partial charge in [-0.15, -0.1) is 0 Å². The lowest BCUT2D eigenvalue weighted by Gasteiger charge is -2.36. The van der Waals surface area contributed by atoms with Gasteiger partial charge in [0.25, 0.3) is 0 Å². The Bertz CT molecular complexity index is 781. The van der Waals surface area contributed by atoms with Crippen molar-refractivity contribution in [2.24, 2.45) is 11.3 Å². The van der Waals surface area contributed by atoms with Gasteiger partial charge in [-0.05, 0) is 25.8 Å². The zero-order valence-corrected chi connectivity index (χ0v) is 16.3. The van der Waals surface area contributed by atoms with Crippen molar-refractivity contribution in [3.05, 3.63) is 17.7 Å². The molecule has 0 spiro atoms. The van der Waals surface area contributed by atoms with Crippen LogP contribution in [0.2, 0.25) is 0 Å². The molecule has 0 aromatic heterocycles. The Kier molecular flexibility index (Phi) is 5.13. The minimum absolute atomic E-state index is 0.0486. The number of fused-ring (bicyclic) bond motifs is 1. The maximum absolute atomic E-state index is 12.8. The summed E-state index contributed by atoms with van der Waals surface area (Å²) in [4.78, 5) is 39.1. The van der Waals surface area contributed by atoms with Gasteiger partial charge in [-0.25, -0.2) is 0 Å². The quantitative estimate of drug-likeness (QED) is 0.823. The van der Waals surface area contributed by atoms with Gasteiger partial charge in [-0.1, -0.05) is 20.8 Å². The van der Waals surface area contributed by atoms with E-state index in [2.05, 4.69) is 5.32 Å². The third-order valence-corrected chi connectivity index (χ3v) is 4.87. The lowest BCUT2D eigenvalue weighted by atomic mass is 9.91. The van der Waals surface area contributed by atoms with Gasteiger partial charge in [0.05, 0.1) is 11.6 Å². The first-order valence-corrected chi connectivity index (χ1v) is 9.21. The Hall–Kier alpha value is -2.57. The molecule has 1 fully saturated rings. The zero-order valence-electron chi connectivity index (χ0n) is 16.3. The van der Waals surface area contributed by atoms with Crippen LogP contribution >= 0.6 is 0 Å². The summed E-state index contributed by atoms with van der Waals surface area (Å²) in [5.41, 5.74) is 0.319. The van der Waals surface area contributed by atoms with Gasteiger partial charge < -0.3 is 19.7 Å². The van der Waals surface area contributed by atoms with Crippen LogP contribution in [-0.2, 0) is 9.59 Å². The number of rotatable bonds is 3. The van der Waals surface area contributed by atoms with E-state index in [0.29, 0.717) is 42.3 Å². The molecule has 2 amide bonds. The maximum Gasteiger partial charge on any atom is 0.231 e.